The van der Waals surface area contributed by atoms with Crippen molar-refractivity contribution in [1.82, 2.24) is 14.5 Å². The molecule has 31 heavy (non-hydrogen) atoms. The van der Waals surface area contributed by atoms with Gasteiger partial charge in [-0.15, -0.1) is 0 Å². The first-order valence-electron chi connectivity index (χ1n) is 9.84. The van der Waals surface area contributed by atoms with Crippen LogP contribution in [0.15, 0.2) is 91.4 Å². The summed E-state index contributed by atoms with van der Waals surface area (Å²) in [5.74, 6) is 0.245. The zero-order valence-electron chi connectivity index (χ0n) is 17.3. The van der Waals surface area contributed by atoms with Crippen molar-refractivity contribution in [3.05, 3.63) is 113 Å². The van der Waals surface area contributed by atoms with E-state index in [0.29, 0.717) is 16.3 Å². The molecule has 1 atom stereocenters. The molecule has 6 heteroatoms. The summed E-state index contributed by atoms with van der Waals surface area (Å²) in [6, 6.07) is 22.4. The smallest absolute Gasteiger partial charge is 0.258 e. The van der Waals surface area contributed by atoms with Gasteiger partial charge in [0.25, 0.3) is 5.91 Å². The minimum Gasteiger partial charge on any atom is -0.496 e. The SMILES string of the molecule is COc1cc(-n2cccc2)c(Cl)cc1C(=O)N(C)[C@@H](c1ccccc1)c1ccccn1. The van der Waals surface area contributed by atoms with Gasteiger partial charge in [-0.1, -0.05) is 48.0 Å². The molecule has 4 aromatic rings. The largest absolute Gasteiger partial charge is 0.496 e. The number of rotatable bonds is 6. The number of halogens is 1. The van der Waals surface area contributed by atoms with Gasteiger partial charge in [0.15, 0.2) is 0 Å². The van der Waals surface area contributed by atoms with Crippen LogP contribution in [0.1, 0.15) is 27.7 Å². The Morgan fingerprint density at radius 1 is 1.03 bits per heavy atom. The molecule has 1 amide bonds. The molecule has 5 nitrogen and oxygen atoms in total. The normalized spacial score (nSPS) is 11.7. The molecule has 2 aromatic heterocycles. The van der Waals surface area contributed by atoms with E-state index in [0.717, 1.165) is 16.9 Å². The molecule has 0 fully saturated rings. The Kier molecular flexibility index (Phi) is 6.05. The van der Waals surface area contributed by atoms with Gasteiger partial charge >= 0.3 is 0 Å². The maximum atomic E-state index is 13.6. The molecule has 0 saturated carbocycles. The van der Waals surface area contributed by atoms with Crippen LogP contribution in [-0.2, 0) is 0 Å². The lowest BCUT2D eigenvalue weighted by Crippen LogP contribution is -2.32. The van der Waals surface area contributed by atoms with Crippen LogP contribution in [0.25, 0.3) is 5.69 Å². The highest BCUT2D eigenvalue weighted by atomic mass is 35.5. The zero-order chi connectivity index (χ0) is 21.8. The molecule has 0 aliphatic rings. The summed E-state index contributed by atoms with van der Waals surface area (Å²) >= 11 is 6.55. The number of benzene rings is 2. The molecular weight excluding hydrogens is 410 g/mol. The van der Waals surface area contributed by atoms with E-state index >= 15 is 0 Å². The number of pyridine rings is 1. The Bertz CT molecular complexity index is 1120. The van der Waals surface area contributed by atoms with Crippen LogP contribution in [0.3, 0.4) is 0 Å². The van der Waals surface area contributed by atoms with Crippen molar-refractivity contribution in [2.75, 3.05) is 14.2 Å². The molecule has 0 aliphatic carbocycles. The molecule has 0 aliphatic heterocycles. The Hall–Kier alpha value is -3.57. The van der Waals surface area contributed by atoms with Crippen LogP contribution in [0.2, 0.25) is 5.02 Å². The number of nitrogens with zero attached hydrogens (tertiary/aromatic N) is 3. The third-order valence-corrected chi connectivity index (χ3v) is 5.48. The average Bonchev–Trinajstić information content (AvgIpc) is 3.34. The Labute approximate surface area is 186 Å². The van der Waals surface area contributed by atoms with E-state index in [4.69, 9.17) is 16.3 Å². The number of carbonyl (C=O) groups is 1. The van der Waals surface area contributed by atoms with Gasteiger partial charge in [0, 0.05) is 31.7 Å². The number of aromatic nitrogens is 2. The van der Waals surface area contributed by atoms with Crippen molar-refractivity contribution in [2.24, 2.45) is 0 Å². The second kappa shape index (κ2) is 9.06. The van der Waals surface area contributed by atoms with Crippen LogP contribution in [0.5, 0.6) is 5.75 Å². The lowest BCUT2D eigenvalue weighted by atomic mass is 10.0. The van der Waals surface area contributed by atoms with Crippen LogP contribution in [-0.4, -0.2) is 34.5 Å². The molecule has 0 bridgehead atoms. The summed E-state index contributed by atoms with van der Waals surface area (Å²) < 4.78 is 7.44. The van der Waals surface area contributed by atoms with Gasteiger partial charge in [-0.3, -0.25) is 9.78 Å². The van der Waals surface area contributed by atoms with Crippen molar-refractivity contribution >= 4 is 17.5 Å². The van der Waals surface area contributed by atoms with Crippen molar-refractivity contribution in [3.63, 3.8) is 0 Å². The molecule has 0 N–H and O–H groups in total. The van der Waals surface area contributed by atoms with E-state index in [9.17, 15) is 4.79 Å². The van der Waals surface area contributed by atoms with E-state index < -0.39 is 0 Å². The van der Waals surface area contributed by atoms with Gasteiger partial charge in [0.2, 0.25) is 0 Å². The standard InChI is InChI=1S/C25H22ClN3O2/c1-28(24(18-10-4-3-5-11-18)21-12-6-7-13-27-21)25(30)19-16-20(26)22(17-23(19)31-2)29-14-8-9-15-29/h3-17,24H,1-2H3/t24-/m0/s1. The van der Waals surface area contributed by atoms with Crippen LogP contribution in [0.4, 0.5) is 0 Å². The van der Waals surface area contributed by atoms with Gasteiger partial charge in [-0.25, -0.2) is 0 Å². The van der Waals surface area contributed by atoms with Crippen molar-refractivity contribution < 1.29 is 9.53 Å². The Balaban J connectivity index is 1.76. The van der Waals surface area contributed by atoms with Gasteiger partial charge < -0.3 is 14.2 Å². The number of hydrogen-bond acceptors (Lipinski definition) is 3. The second-order valence-corrected chi connectivity index (χ2v) is 7.49. The first-order chi connectivity index (χ1) is 15.1. The monoisotopic (exact) mass is 431 g/mol. The average molecular weight is 432 g/mol. The number of methoxy groups -OCH3 is 1. The van der Waals surface area contributed by atoms with Gasteiger partial charge in [0.05, 0.1) is 35.1 Å². The highest BCUT2D eigenvalue weighted by Gasteiger charge is 2.28. The molecule has 0 saturated heterocycles. The van der Waals surface area contributed by atoms with Crippen LogP contribution < -0.4 is 4.74 Å². The lowest BCUT2D eigenvalue weighted by molar-refractivity contribution is 0.0749. The Morgan fingerprint density at radius 3 is 2.39 bits per heavy atom. The molecule has 0 radical (unpaired) electrons. The van der Waals surface area contributed by atoms with E-state index in [2.05, 4.69) is 4.98 Å². The summed E-state index contributed by atoms with van der Waals surface area (Å²) in [4.78, 5) is 19.8. The fourth-order valence-corrected chi connectivity index (χ4v) is 3.91. The third-order valence-electron chi connectivity index (χ3n) is 5.17. The minimum absolute atomic E-state index is 0.211. The zero-order valence-corrected chi connectivity index (χ0v) is 18.0. The molecule has 156 valence electrons. The summed E-state index contributed by atoms with van der Waals surface area (Å²) in [5, 5.41) is 0.461. The summed E-state index contributed by atoms with van der Waals surface area (Å²) in [7, 11) is 3.31. The van der Waals surface area contributed by atoms with Gasteiger partial charge in [0.1, 0.15) is 5.75 Å². The van der Waals surface area contributed by atoms with E-state index in [-0.39, 0.29) is 11.9 Å². The van der Waals surface area contributed by atoms with Crippen molar-refractivity contribution in [2.45, 2.75) is 6.04 Å². The lowest BCUT2D eigenvalue weighted by Gasteiger charge is -2.29. The fraction of sp³-hybridized carbons (Fsp3) is 0.120. The Morgan fingerprint density at radius 2 is 1.74 bits per heavy atom. The predicted octanol–water partition coefficient (Wildman–Crippen LogP) is 5.40. The number of ether oxygens (including phenoxy) is 1. The summed E-state index contributed by atoms with van der Waals surface area (Å²) in [6.45, 7) is 0. The van der Waals surface area contributed by atoms with Gasteiger partial charge in [-0.2, -0.15) is 0 Å². The fourth-order valence-electron chi connectivity index (χ4n) is 3.64. The highest BCUT2D eigenvalue weighted by Crippen LogP contribution is 2.33. The first-order valence-corrected chi connectivity index (χ1v) is 10.2. The predicted molar refractivity (Wildman–Crippen MR) is 122 cm³/mol. The van der Waals surface area contributed by atoms with Gasteiger partial charge in [-0.05, 0) is 35.9 Å². The topological polar surface area (TPSA) is 47.4 Å². The minimum atomic E-state index is -0.359. The molecule has 4 rings (SSSR count). The number of carbonyl (C=O) groups excluding carboxylic acids is 1. The molecule has 2 aromatic carbocycles. The van der Waals surface area contributed by atoms with Crippen LogP contribution >= 0.6 is 11.6 Å². The maximum absolute atomic E-state index is 13.6. The summed E-state index contributed by atoms with van der Waals surface area (Å²) in [6.07, 6.45) is 5.51. The van der Waals surface area contributed by atoms with Crippen molar-refractivity contribution in [3.8, 4) is 11.4 Å². The number of hydrogen-bond donors (Lipinski definition) is 0. The quantitative estimate of drug-likeness (QED) is 0.411. The van der Waals surface area contributed by atoms with Crippen LogP contribution in [0, 0.1) is 0 Å². The summed E-state index contributed by atoms with van der Waals surface area (Å²) in [5.41, 5.74) is 2.87. The second-order valence-electron chi connectivity index (χ2n) is 7.08. The van der Waals surface area contributed by atoms with E-state index in [1.165, 1.54) is 0 Å². The molecule has 0 unspecified atom stereocenters. The highest BCUT2D eigenvalue weighted by molar-refractivity contribution is 6.33. The van der Waals surface area contributed by atoms with E-state index in [1.54, 1.807) is 37.4 Å². The maximum Gasteiger partial charge on any atom is 0.258 e. The first kappa shape index (κ1) is 20.7. The molecular formula is C25H22ClN3O2. The molecule has 2 heterocycles. The van der Waals surface area contributed by atoms with Crippen molar-refractivity contribution in [1.29, 1.82) is 0 Å². The third kappa shape index (κ3) is 4.18. The van der Waals surface area contributed by atoms with E-state index in [1.807, 2.05) is 77.6 Å². The molecule has 0 spiro atoms. The number of amides is 1.